The number of hydrazone groups is 1. The van der Waals surface area contributed by atoms with Crippen LogP contribution in [0.1, 0.15) is 23.6 Å². The molecule has 1 heterocycles. The molecular formula is C17H15ClFN3O4S. The summed E-state index contributed by atoms with van der Waals surface area (Å²) in [6, 6.07) is 10.2. The van der Waals surface area contributed by atoms with Gasteiger partial charge in [0, 0.05) is 0 Å². The summed E-state index contributed by atoms with van der Waals surface area (Å²) in [5, 5.41) is 18.7. The molecule has 1 aliphatic rings. The van der Waals surface area contributed by atoms with Crippen LogP contribution in [0.15, 0.2) is 58.5 Å². The fourth-order valence-corrected chi connectivity index (χ4v) is 4.47. The molecule has 0 fully saturated rings. The Morgan fingerprint density at radius 1 is 1.26 bits per heavy atom. The van der Waals surface area contributed by atoms with Crippen molar-refractivity contribution in [3.05, 3.63) is 65.5 Å². The number of halogens is 2. The molecule has 10 heteroatoms. The molecule has 0 amide bonds. The molecule has 0 radical (unpaired) electrons. The second-order valence-corrected chi connectivity index (χ2v) is 7.99. The zero-order chi connectivity index (χ0) is 19.8. The van der Waals surface area contributed by atoms with Crippen LogP contribution in [0.3, 0.4) is 0 Å². The Hall–Kier alpha value is -2.49. The Balaban J connectivity index is 2.30. The number of hydrogen-bond acceptors (Lipinski definition) is 5. The molecule has 0 aliphatic carbocycles. The number of nitrogens with two attached hydrogens (primary N) is 1. The monoisotopic (exact) mass is 411 g/mol. The van der Waals surface area contributed by atoms with E-state index in [9.17, 15) is 22.7 Å². The lowest BCUT2D eigenvalue weighted by molar-refractivity contribution is -0.138. The Morgan fingerprint density at radius 2 is 1.89 bits per heavy atom. The number of hydrogen-bond donors (Lipinski definition) is 3. The van der Waals surface area contributed by atoms with Gasteiger partial charge in [-0.15, -0.1) is 0 Å². The van der Waals surface area contributed by atoms with Crippen LogP contribution < -0.4 is 10.6 Å². The van der Waals surface area contributed by atoms with Gasteiger partial charge >= 0.3 is 5.97 Å². The van der Waals surface area contributed by atoms with Gasteiger partial charge in [-0.3, -0.25) is 4.79 Å². The molecule has 142 valence electrons. The van der Waals surface area contributed by atoms with E-state index in [0.717, 1.165) is 0 Å². The number of carbonyl (C=O) groups is 1. The molecule has 27 heavy (non-hydrogen) atoms. The topological polar surface area (TPSA) is 122 Å². The third-order valence-corrected chi connectivity index (χ3v) is 5.85. The van der Waals surface area contributed by atoms with Gasteiger partial charge in [0.05, 0.1) is 22.8 Å². The number of carboxylic acids is 1. The SMILES string of the molecule is NS(=O)(=O)c1ccccc1C1(CC(=O)O)C(Cl)=NNC1c1ccc(F)cc1. The van der Waals surface area contributed by atoms with Crippen LogP contribution in [-0.4, -0.2) is 24.7 Å². The van der Waals surface area contributed by atoms with E-state index in [4.69, 9.17) is 16.7 Å². The van der Waals surface area contributed by atoms with Crippen LogP contribution >= 0.6 is 11.6 Å². The van der Waals surface area contributed by atoms with Gasteiger partial charge in [0.1, 0.15) is 11.0 Å². The van der Waals surface area contributed by atoms with Crippen molar-refractivity contribution >= 4 is 32.8 Å². The van der Waals surface area contributed by atoms with Gasteiger partial charge in [-0.2, -0.15) is 5.10 Å². The first kappa shape index (κ1) is 19.3. The molecule has 4 N–H and O–H groups in total. The van der Waals surface area contributed by atoms with Gasteiger partial charge in [0.15, 0.2) is 0 Å². The highest BCUT2D eigenvalue weighted by Gasteiger charge is 2.52. The number of benzene rings is 2. The van der Waals surface area contributed by atoms with Crippen LogP contribution in [0.4, 0.5) is 4.39 Å². The minimum absolute atomic E-state index is 0.1000. The highest BCUT2D eigenvalue weighted by Crippen LogP contribution is 2.48. The summed E-state index contributed by atoms with van der Waals surface area (Å²) in [5.41, 5.74) is 1.79. The van der Waals surface area contributed by atoms with E-state index in [1.807, 2.05) is 0 Å². The molecule has 7 nitrogen and oxygen atoms in total. The number of rotatable bonds is 5. The van der Waals surface area contributed by atoms with Crippen molar-refractivity contribution < 1.29 is 22.7 Å². The first-order chi connectivity index (χ1) is 12.7. The van der Waals surface area contributed by atoms with Crippen molar-refractivity contribution in [3.63, 3.8) is 0 Å². The first-order valence-electron chi connectivity index (χ1n) is 7.75. The Kier molecular flexibility index (Phi) is 4.94. The van der Waals surface area contributed by atoms with Crippen molar-refractivity contribution in [2.45, 2.75) is 22.8 Å². The van der Waals surface area contributed by atoms with Crippen molar-refractivity contribution in [1.82, 2.24) is 5.43 Å². The molecule has 0 saturated heterocycles. The van der Waals surface area contributed by atoms with Crippen LogP contribution in [-0.2, 0) is 20.2 Å². The normalized spacial score (nSPS) is 22.2. The number of sulfonamides is 1. The Labute approximate surface area is 159 Å². The van der Waals surface area contributed by atoms with Gasteiger partial charge in [0.2, 0.25) is 10.0 Å². The van der Waals surface area contributed by atoms with Crippen LogP contribution in [0, 0.1) is 5.82 Å². The maximum Gasteiger partial charge on any atom is 0.304 e. The summed E-state index contributed by atoms with van der Waals surface area (Å²) < 4.78 is 37.6. The highest BCUT2D eigenvalue weighted by atomic mass is 35.5. The zero-order valence-electron chi connectivity index (χ0n) is 13.8. The van der Waals surface area contributed by atoms with E-state index in [0.29, 0.717) is 5.56 Å². The maximum absolute atomic E-state index is 13.3. The third kappa shape index (κ3) is 3.41. The number of aliphatic carboxylic acids is 1. The second-order valence-electron chi connectivity index (χ2n) is 6.10. The van der Waals surface area contributed by atoms with Crippen LogP contribution in [0.2, 0.25) is 0 Å². The number of nitrogens with zero attached hydrogens (tertiary/aromatic N) is 1. The molecule has 0 spiro atoms. The summed E-state index contributed by atoms with van der Waals surface area (Å²) in [6.07, 6.45) is -0.559. The Morgan fingerprint density at radius 3 is 2.48 bits per heavy atom. The lowest BCUT2D eigenvalue weighted by Gasteiger charge is -2.34. The smallest absolute Gasteiger partial charge is 0.304 e. The quantitative estimate of drug-likeness (QED) is 0.695. The van der Waals surface area contributed by atoms with E-state index in [-0.39, 0.29) is 15.6 Å². The van der Waals surface area contributed by atoms with Crippen LogP contribution in [0.25, 0.3) is 0 Å². The van der Waals surface area contributed by atoms with Gasteiger partial charge in [-0.05, 0) is 29.3 Å². The average molecular weight is 412 g/mol. The van der Waals surface area contributed by atoms with Gasteiger partial charge in [-0.1, -0.05) is 41.9 Å². The maximum atomic E-state index is 13.3. The predicted octanol–water partition coefficient (Wildman–Crippen LogP) is 2.08. The van der Waals surface area contributed by atoms with E-state index < -0.39 is 39.7 Å². The third-order valence-electron chi connectivity index (χ3n) is 4.46. The summed E-state index contributed by atoms with van der Waals surface area (Å²) in [4.78, 5) is 11.4. The van der Waals surface area contributed by atoms with E-state index >= 15 is 0 Å². The zero-order valence-corrected chi connectivity index (χ0v) is 15.3. The summed E-state index contributed by atoms with van der Waals surface area (Å²) >= 11 is 6.33. The minimum atomic E-state index is -4.17. The minimum Gasteiger partial charge on any atom is -0.481 e. The van der Waals surface area contributed by atoms with E-state index in [1.165, 1.54) is 42.5 Å². The molecule has 0 aromatic heterocycles. The van der Waals surface area contributed by atoms with E-state index in [1.54, 1.807) is 6.07 Å². The molecular weight excluding hydrogens is 397 g/mol. The second kappa shape index (κ2) is 6.91. The molecule has 3 rings (SSSR count). The van der Waals surface area contributed by atoms with E-state index in [2.05, 4.69) is 10.5 Å². The molecule has 0 saturated carbocycles. The highest BCUT2D eigenvalue weighted by molar-refractivity contribution is 7.89. The van der Waals surface area contributed by atoms with Gasteiger partial charge in [-0.25, -0.2) is 17.9 Å². The summed E-state index contributed by atoms with van der Waals surface area (Å²) in [7, 11) is -4.17. The summed E-state index contributed by atoms with van der Waals surface area (Å²) in [6.45, 7) is 0. The predicted molar refractivity (Wildman–Crippen MR) is 97.3 cm³/mol. The fourth-order valence-electron chi connectivity index (χ4n) is 3.32. The molecule has 2 unspecified atom stereocenters. The number of primary sulfonamides is 1. The average Bonchev–Trinajstić information content (AvgIpc) is 2.92. The largest absolute Gasteiger partial charge is 0.481 e. The lowest BCUT2D eigenvalue weighted by Crippen LogP contribution is -2.42. The molecule has 2 atom stereocenters. The first-order valence-corrected chi connectivity index (χ1v) is 9.67. The fraction of sp³-hybridized carbons (Fsp3) is 0.176. The standard InChI is InChI=1S/C17H15ClFN3O4S/c18-16-17(9-14(23)24,12-3-1-2-4-13(12)27(20,25)26)15(21-22-16)10-5-7-11(19)8-6-10/h1-8,15,21H,9H2,(H,23,24)(H2,20,25,26). The molecule has 1 aliphatic heterocycles. The molecule has 2 aromatic rings. The molecule has 0 bridgehead atoms. The Bertz CT molecular complexity index is 1030. The summed E-state index contributed by atoms with van der Waals surface area (Å²) in [5.74, 6) is -1.69. The van der Waals surface area contributed by atoms with Crippen LogP contribution in [0.5, 0.6) is 0 Å². The van der Waals surface area contributed by atoms with Gasteiger partial charge < -0.3 is 10.5 Å². The lowest BCUT2D eigenvalue weighted by atomic mass is 9.71. The molecule has 2 aromatic carbocycles. The van der Waals surface area contributed by atoms with Gasteiger partial charge in [0.25, 0.3) is 0 Å². The van der Waals surface area contributed by atoms with Crippen molar-refractivity contribution in [2.75, 3.05) is 0 Å². The number of carboxylic acid groups (broad SMARTS) is 1. The van der Waals surface area contributed by atoms with Crippen molar-refractivity contribution in [2.24, 2.45) is 10.2 Å². The number of nitrogens with one attached hydrogen (secondary N) is 1. The van der Waals surface area contributed by atoms with Crippen molar-refractivity contribution in [3.8, 4) is 0 Å². The van der Waals surface area contributed by atoms with Crippen molar-refractivity contribution in [1.29, 1.82) is 0 Å².